The molecule has 0 aromatic heterocycles. The molecule has 17 heavy (non-hydrogen) atoms. The molecule has 1 saturated carbocycles. The third-order valence-corrected chi connectivity index (χ3v) is 5.02. The number of rotatable bonds is 3. The molecule has 100 valence electrons. The summed E-state index contributed by atoms with van der Waals surface area (Å²) in [5.74, 6) is 1.76. The fourth-order valence-corrected chi connectivity index (χ4v) is 3.37. The van der Waals surface area contributed by atoms with Crippen molar-refractivity contribution >= 4 is 0 Å². The van der Waals surface area contributed by atoms with Crippen LogP contribution in [-0.4, -0.2) is 41.3 Å². The van der Waals surface area contributed by atoms with Crippen molar-refractivity contribution in [2.45, 2.75) is 51.7 Å². The standard InChI is InChI=1S/C14H28N2O/c1-10(2)14(3,17)9-16-7-11-5-4-6-13(15)12(11)8-16/h10-13,17H,4-9,15H2,1-3H3. The van der Waals surface area contributed by atoms with Crippen LogP contribution in [0.3, 0.4) is 0 Å². The fourth-order valence-electron chi connectivity index (χ4n) is 3.37. The van der Waals surface area contributed by atoms with E-state index in [1.807, 2.05) is 6.92 Å². The van der Waals surface area contributed by atoms with Gasteiger partial charge in [0.05, 0.1) is 5.60 Å². The Labute approximate surface area is 105 Å². The van der Waals surface area contributed by atoms with Gasteiger partial charge in [0, 0.05) is 25.7 Å². The second-order valence-electron chi connectivity index (χ2n) is 6.72. The highest BCUT2D eigenvalue weighted by atomic mass is 16.3. The van der Waals surface area contributed by atoms with Crippen LogP contribution < -0.4 is 5.73 Å². The molecule has 3 heteroatoms. The molecule has 0 radical (unpaired) electrons. The molecule has 4 atom stereocenters. The molecule has 3 nitrogen and oxygen atoms in total. The number of likely N-dealkylation sites (tertiary alicyclic amines) is 1. The van der Waals surface area contributed by atoms with E-state index < -0.39 is 5.60 Å². The molecular formula is C14H28N2O. The van der Waals surface area contributed by atoms with Crippen LogP contribution in [0.25, 0.3) is 0 Å². The summed E-state index contributed by atoms with van der Waals surface area (Å²) < 4.78 is 0. The van der Waals surface area contributed by atoms with Gasteiger partial charge in [0.15, 0.2) is 0 Å². The van der Waals surface area contributed by atoms with Crippen molar-refractivity contribution in [3.8, 4) is 0 Å². The van der Waals surface area contributed by atoms with Crippen molar-refractivity contribution in [2.75, 3.05) is 19.6 Å². The van der Waals surface area contributed by atoms with E-state index in [0.29, 0.717) is 17.9 Å². The van der Waals surface area contributed by atoms with Crippen LogP contribution in [0.4, 0.5) is 0 Å². The SMILES string of the molecule is CC(C)C(C)(O)CN1CC2CCCC(N)C2C1. The summed E-state index contributed by atoms with van der Waals surface area (Å²) in [6.45, 7) is 9.17. The molecule has 2 rings (SSSR count). The molecule has 0 bridgehead atoms. The number of hydrogen-bond acceptors (Lipinski definition) is 3. The smallest absolute Gasteiger partial charge is 0.0768 e. The van der Waals surface area contributed by atoms with Crippen LogP contribution in [0.2, 0.25) is 0 Å². The van der Waals surface area contributed by atoms with Crippen molar-refractivity contribution in [1.29, 1.82) is 0 Å². The molecule has 2 fully saturated rings. The summed E-state index contributed by atoms with van der Waals surface area (Å²) in [6, 6.07) is 0.391. The predicted octanol–water partition coefficient (Wildman–Crippen LogP) is 1.45. The van der Waals surface area contributed by atoms with Gasteiger partial charge in [-0.3, -0.25) is 4.90 Å². The lowest BCUT2D eigenvalue weighted by Crippen LogP contribution is -2.44. The van der Waals surface area contributed by atoms with Crippen LogP contribution in [0, 0.1) is 17.8 Å². The molecule has 4 unspecified atom stereocenters. The number of nitrogens with two attached hydrogens (primary N) is 1. The Kier molecular flexibility index (Phi) is 3.81. The topological polar surface area (TPSA) is 49.5 Å². The summed E-state index contributed by atoms with van der Waals surface area (Å²) in [7, 11) is 0. The van der Waals surface area contributed by atoms with E-state index in [-0.39, 0.29) is 0 Å². The molecular weight excluding hydrogens is 212 g/mol. The van der Waals surface area contributed by atoms with Crippen molar-refractivity contribution in [2.24, 2.45) is 23.5 Å². The average molecular weight is 240 g/mol. The van der Waals surface area contributed by atoms with Crippen molar-refractivity contribution in [3.63, 3.8) is 0 Å². The number of aliphatic hydroxyl groups is 1. The summed E-state index contributed by atoms with van der Waals surface area (Å²) in [6.07, 6.45) is 3.81. The van der Waals surface area contributed by atoms with Crippen LogP contribution >= 0.6 is 0 Å². The molecule has 1 aliphatic carbocycles. The molecule has 1 saturated heterocycles. The maximum atomic E-state index is 10.4. The molecule has 0 amide bonds. The van der Waals surface area contributed by atoms with Gasteiger partial charge in [0.2, 0.25) is 0 Å². The lowest BCUT2D eigenvalue weighted by molar-refractivity contribution is -0.0148. The summed E-state index contributed by atoms with van der Waals surface area (Å²) in [5.41, 5.74) is 5.64. The van der Waals surface area contributed by atoms with Gasteiger partial charge >= 0.3 is 0 Å². The van der Waals surface area contributed by atoms with E-state index in [1.165, 1.54) is 19.3 Å². The maximum absolute atomic E-state index is 10.4. The number of β-amino-alcohol motifs (C(OH)–C–C–N with tert-alkyl or cyclic N) is 1. The summed E-state index contributed by atoms with van der Waals surface area (Å²) >= 11 is 0. The Bertz CT molecular complexity index is 265. The Morgan fingerprint density at radius 2 is 2.06 bits per heavy atom. The summed E-state index contributed by atoms with van der Waals surface area (Å²) in [4.78, 5) is 2.43. The zero-order chi connectivity index (χ0) is 12.6. The third-order valence-electron chi connectivity index (χ3n) is 5.02. The van der Waals surface area contributed by atoms with Gasteiger partial charge in [-0.25, -0.2) is 0 Å². The second-order valence-corrected chi connectivity index (χ2v) is 6.72. The molecule has 0 aromatic rings. The average Bonchev–Trinajstić information content (AvgIpc) is 2.60. The minimum Gasteiger partial charge on any atom is -0.389 e. The zero-order valence-corrected chi connectivity index (χ0v) is 11.5. The molecule has 1 heterocycles. The van der Waals surface area contributed by atoms with Gasteiger partial charge in [-0.15, -0.1) is 0 Å². The van der Waals surface area contributed by atoms with Gasteiger partial charge in [-0.1, -0.05) is 20.3 Å². The highest BCUT2D eigenvalue weighted by Gasteiger charge is 2.40. The van der Waals surface area contributed by atoms with Gasteiger partial charge in [-0.2, -0.15) is 0 Å². The first-order valence-corrected chi connectivity index (χ1v) is 7.10. The Morgan fingerprint density at radius 3 is 2.65 bits per heavy atom. The Hall–Kier alpha value is -0.120. The molecule has 2 aliphatic rings. The van der Waals surface area contributed by atoms with E-state index in [9.17, 15) is 5.11 Å². The van der Waals surface area contributed by atoms with Gasteiger partial charge < -0.3 is 10.8 Å². The first-order valence-electron chi connectivity index (χ1n) is 7.10. The first-order chi connectivity index (χ1) is 7.90. The van der Waals surface area contributed by atoms with Crippen LogP contribution in [-0.2, 0) is 0 Å². The highest BCUT2D eigenvalue weighted by Crippen LogP contribution is 2.36. The van der Waals surface area contributed by atoms with Crippen LogP contribution in [0.5, 0.6) is 0 Å². The van der Waals surface area contributed by atoms with Crippen LogP contribution in [0.1, 0.15) is 40.0 Å². The van der Waals surface area contributed by atoms with Crippen molar-refractivity contribution < 1.29 is 5.11 Å². The highest BCUT2D eigenvalue weighted by molar-refractivity contribution is 4.95. The largest absolute Gasteiger partial charge is 0.389 e. The van der Waals surface area contributed by atoms with Crippen LogP contribution in [0.15, 0.2) is 0 Å². The lowest BCUT2D eigenvalue weighted by Gasteiger charge is -2.32. The van der Waals surface area contributed by atoms with E-state index in [0.717, 1.165) is 25.6 Å². The van der Waals surface area contributed by atoms with Crippen molar-refractivity contribution in [3.05, 3.63) is 0 Å². The van der Waals surface area contributed by atoms with E-state index in [4.69, 9.17) is 5.73 Å². The number of fused-ring (bicyclic) bond motifs is 1. The Balaban J connectivity index is 1.93. The number of hydrogen-bond donors (Lipinski definition) is 2. The quantitative estimate of drug-likeness (QED) is 0.785. The Morgan fingerprint density at radius 1 is 1.35 bits per heavy atom. The zero-order valence-electron chi connectivity index (χ0n) is 11.5. The molecule has 0 aromatic carbocycles. The maximum Gasteiger partial charge on any atom is 0.0768 e. The second kappa shape index (κ2) is 4.87. The first kappa shape index (κ1) is 13.3. The summed E-state index contributed by atoms with van der Waals surface area (Å²) in [5, 5.41) is 10.4. The van der Waals surface area contributed by atoms with Gasteiger partial charge in [0.25, 0.3) is 0 Å². The van der Waals surface area contributed by atoms with Crippen molar-refractivity contribution in [1.82, 2.24) is 4.90 Å². The lowest BCUT2D eigenvalue weighted by atomic mass is 9.78. The minimum atomic E-state index is -0.572. The monoisotopic (exact) mass is 240 g/mol. The van der Waals surface area contributed by atoms with E-state index in [1.54, 1.807) is 0 Å². The predicted molar refractivity (Wildman–Crippen MR) is 70.7 cm³/mol. The molecule has 3 N–H and O–H groups in total. The minimum absolute atomic E-state index is 0.304. The number of nitrogens with zero attached hydrogens (tertiary/aromatic N) is 1. The molecule has 0 spiro atoms. The molecule has 1 aliphatic heterocycles. The van der Waals surface area contributed by atoms with E-state index >= 15 is 0 Å². The normalized spacial score (nSPS) is 38.1. The van der Waals surface area contributed by atoms with Gasteiger partial charge in [-0.05, 0) is 37.5 Å². The third kappa shape index (κ3) is 2.83. The fraction of sp³-hybridized carbons (Fsp3) is 1.00. The van der Waals surface area contributed by atoms with E-state index in [2.05, 4.69) is 18.7 Å². The van der Waals surface area contributed by atoms with Gasteiger partial charge in [0.1, 0.15) is 0 Å².